The van der Waals surface area contributed by atoms with Gasteiger partial charge in [0.15, 0.2) is 11.6 Å². The summed E-state index contributed by atoms with van der Waals surface area (Å²) in [5.41, 5.74) is 7.54. The third-order valence-electron chi connectivity index (χ3n) is 6.01. The van der Waals surface area contributed by atoms with Crippen LogP contribution in [0, 0.1) is 5.82 Å². The van der Waals surface area contributed by atoms with Gasteiger partial charge in [0.25, 0.3) is 0 Å². The SMILES string of the molecule is Nc1ncc(-c2cnn(C3CCNCC3)c2)cc1OC1(c2c(Cl)ccc(F)c2Cl)CC1. The van der Waals surface area contributed by atoms with Crippen LogP contribution in [-0.2, 0) is 5.60 Å². The van der Waals surface area contributed by atoms with E-state index < -0.39 is 11.4 Å². The van der Waals surface area contributed by atoms with Crippen LogP contribution in [0.25, 0.3) is 11.1 Å². The lowest BCUT2D eigenvalue weighted by Crippen LogP contribution is -2.29. The molecule has 9 heteroatoms. The Morgan fingerprint density at radius 2 is 1.94 bits per heavy atom. The highest BCUT2D eigenvalue weighted by atomic mass is 35.5. The van der Waals surface area contributed by atoms with Gasteiger partial charge in [0, 0.05) is 34.1 Å². The molecule has 0 bridgehead atoms. The summed E-state index contributed by atoms with van der Waals surface area (Å²) in [6.45, 7) is 1.99. The van der Waals surface area contributed by atoms with E-state index in [9.17, 15) is 4.39 Å². The quantitative estimate of drug-likeness (QED) is 0.524. The summed E-state index contributed by atoms with van der Waals surface area (Å²) in [6, 6.07) is 4.97. The largest absolute Gasteiger partial charge is 0.479 e. The van der Waals surface area contributed by atoms with Crippen molar-refractivity contribution >= 4 is 29.0 Å². The van der Waals surface area contributed by atoms with Crippen molar-refractivity contribution in [2.45, 2.75) is 37.3 Å². The van der Waals surface area contributed by atoms with Crippen LogP contribution >= 0.6 is 23.2 Å². The molecule has 3 heterocycles. The van der Waals surface area contributed by atoms with E-state index in [0.717, 1.165) is 37.1 Å². The van der Waals surface area contributed by atoms with Crippen LogP contribution < -0.4 is 15.8 Å². The molecule has 0 unspecified atom stereocenters. The van der Waals surface area contributed by atoms with Gasteiger partial charge >= 0.3 is 0 Å². The fourth-order valence-corrected chi connectivity index (χ4v) is 4.84. The van der Waals surface area contributed by atoms with E-state index in [1.165, 1.54) is 12.1 Å². The number of nitrogen functional groups attached to an aromatic ring is 1. The molecule has 1 saturated heterocycles. The van der Waals surface area contributed by atoms with Crippen LogP contribution in [0.2, 0.25) is 10.0 Å². The second kappa shape index (κ2) is 7.97. The Morgan fingerprint density at radius 3 is 2.68 bits per heavy atom. The molecule has 3 N–H and O–H groups in total. The second-order valence-corrected chi connectivity index (χ2v) is 8.90. The number of benzene rings is 1. The molecule has 1 aliphatic heterocycles. The number of ether oxygens (including phenoxy) is 1. The van der Waals surface area contributed by atoms with Crippen molar-refractivity contribution < 1.29 is 9.13 Å². The van der Waals surface area contributed by atoms with Gasteiger partial charge < -0.3 is 15.8 Å². The first kappa shape index (κ1) is 20.5. The molecular formula is C22H22Cl2FN5O. The molecule has 6 nitrogen and oxygen atoms in total. The van der Waals surface area contributed by atoms with Crippen molar-refractivity contribution in [3.05, 3.63) is 58.2 Å². The van der Waals surface area contributed by atoms with E-state index in [2.05, 4.69) is 15.4 Å². The zero-order chi connectivity index (χ0) is 21.6. The van der Waals surface area contributed by atoms with E-state index in [4.69, 9.17) is 33.7 Å². The average molecular weight is 462 g/mol. The Kier molecular flexibility index (Phi) is 5.28. The van der Waals surface area contributed by atoms with Crippen LogP contribution in [0.1, 0.15) is 37.3 Å². The van der Waals surface area contributed by atoms with Crippen molar-refractivity contribution in [3.8, 4) is 16.9 Å². The number of piperidine rings is 1. The van der Waals surface area contributed by atoms with E-state index in [1.807, 2.05) is 23.1 Å². The molecule has 2 aliphatic rings. The molecule has 5 rings (SSSR count). The summed E-state index contributed by atoms with van der Waals surface area (Å²) in [6.07, 6.45) is 8.97. The fraction of sp³-hybridized carbons (Fsp3) is 0.364. The van der Waals surface area contributed by atoms with Gasteiger partial charge in [-0.1, -0.05) is 23.2 Å². The third-order valence-corrected chi connectivity index (χ3v) is 6.69. The minimum absolute atomic E-state index is 0.0177. The smallest absolute Gasteiger partial charge is 0.166 e. The van der Waals surface area contributed by atoms with E-state index in [0.29, 0.717) is 35.2 Å². The lowest BCUT2D eigenvalue weighted by Gasteiger charge is -2.23. The summed E-state index contributed by atoms with van der Waals surface area (Å²) in [5, 5.41) is 8.27. The van der Waals surface area contributed by atoms with Crippen LogP contribution in [-0.4, -0.2) is 27.9 Å². The lowest BCUT2D eigenvalue weighted by atomic mass is 10.1. The molecule has 0 amide bonds. The fourth-order valence-electron chi connectivity index (χ4n) is 4.12. The molecule has 31 heavy (non-hydrogen) atoms. The van der Waals surface area contributed by atoms with Crippen LogP contribution in [0.3, 0.4) is 0 Å². The van der Waals surface area contributed by atoms with E-state index in [1.54, 1.807) is 6.20 Å². The van der Waals surface area contributed by atoms with Gasteiger partial charge in [0.05, 0.1) is 17.3 Å². The molecule has 1 saturated carbocycles. The molecule has 3 aromatic rings. The number of nitrogens with one attached hydrogen (secondary N) is 1. The highest BCUT2D eigenvalue weighted by molar-refractivity contribution is 6.36. The number of hydrogen-bond donors (Lipinski definition) is 2. The zero-order valence-corrected chi connectivity index (χ0v) is 18.3. The molecule has 2 aromatic heterocycles. The highest BCUT2D eigenvalue weighted by Gasteiger charge is 2.51. The minimum atomic E-state index is -0.802. The van der Waals surface area contributed by atoms with Crippen LogP contribution in [0.4, 0.5) is 10.2 Å². The average Bonchev–Trinajstić information content (AvgIpc) is 3.36. The Bertz CT molecular complexity index is 1130. The third kappa shape index (κ3) is 3.86. The Balaban J connectivity index is 1.44. The maximum Gasteiger partial charge on any atom is 0.166 e. The number of halogens is 3. The van der Waals surface area contributed by atoms with Crippen LogP contribution in [0.5, 0.6) is 5.75 Å². The number of nitrogens with two attached hydrogens (primary N) is 1. The second-order valence-electron chi connectivity index (χ2n) is 8.11. The normalized spacial score (nSPS) is 18.2. The topological polar surface area (TPSA) is 78.0 Å². The number of rotatable bonds is 5. The molecular weight excluding hydrogens is 440 g/mol. The molecule has 0 spiro atoms. The number of hydrogen-bond acceptors (Lipinski definition) is 5. The zero-order valence-electron chi connectivity index (χ0n) is 16.7. The van der Waals surface area contributed by atoms with Gasteiger partial charge in [-0.25, -0.2) is 9.37 Å². The number of pyridine rings is 1. The first-order valence-electron chi connectivity index (χ1n) is 10.3. The predicted octanol–water partition coefficient (Wildman–Crippen LogP) is 4.97. The van der Waals surface area contributed by atoms with Crippen molar-refractivity contribution in [1.82, 2.24) is 20.1 Å². The summed E-state index contributed by atoms with van der Waals surface area (Å²) in [5.74, 6) is 0.145. The van der Waals surface area contributed by atoms with Crippen molar-refractivity contribution in [3.63, 3.8) is 0 Å². The van der Waals surface area contributed by atoms with Crippen molar-refractivity contribution in [2.75, 3.05) is 18.8 Å². The van der Waals surface area contributed by atoms with Crippen LogP contribution in [0.15, 0.2) is 36.8 Å². The summed E-state index contributed by atoms with van der Waals surface area (Å²) in [4.78, 5) is 4.31. The first-order chi connectivity index (χ1) is 15.0. The molecule has 162 valence electrons. The summed E-state index contributed by atoms with van der Waals surface area (Å²) >= 11 is 12.6. The summed E-state index contributed by atoms with van der Waals surface area (Å²) in [7, 11) is 0. The van der Waals surface area contributed by atoms with E-state index in [-0.39, 0.29) is 10.8 Å². The van der Waals surface area contributed by atoms with Gasteiger partial charge in [-0.3, -0.25) is 4.68 Å². The first-order valence-corrected chi connectivity index (χ1v) is 11.1. The number of nitrogens with zero attached hydrogens (tertiary/aromatic N) is 3. The Hall–Kier alpha value is -2.35. The Labute approximate surface area is 189 Å². The number of aromatic nitrogens is 3. The minimum Gasteiger partial charge on any atom is -0.479 e. The monoisotopic (exact) mass is 461 g/mol. The summed E-state index contributed by atoms with van der Waals surface area (Å²) < 4.78 is 22.4. The van der Waals surface area contributed by atoms with Gasteiger partial charge in [0.2, 0.25) is 0 Å². The van der Waals surface area contributed by atoms with Crippen molar-refractivity contribution in [2.24, 2.45) is 0 Å². The molecule has 0 atom stereocenters. The van der Waals surface area contributed by atoms with Gasteiger partial charge in [-0.2, -0.15) is 5.10 Å². The standard InChI is InChI=1S/C22H22Cl2FN5O/c23-16-1-2-17(25)20(24)19(16)22(5-6-22)31-18-9-13(10-28-21(18)26)14-11-29-30(12-14)15-3-7-27-8-4-15/h1-2,9-12,15,27H,3-8H2,(H2,26,28). The maximum atomic E-state index is 14.1. The number of anilines is 1. The molecule has 1 aliphatic carbocycles. The van der Waals surface area contributed by atoms with E-state index >= 15 is 0 Å². The molecule has 0 radical (unpaired) electrons. The molecule has 2 fully saturated rings. The lowest BCUT2D eigenvalue weighted by molar-refractivity contribution is 0.181. The highest BCUT2D eigenvalue weighted by Crippen LogP contribution is 2.54. The maximum absolute atomic E-state index is 14.1. The van der Waals surface area contributed by atoms with Crippen molar-refractivity contribution in [1.29, 1.82) is 0 Å². The van der Waals surface area contributed by atoms with Gasteiger partial charge in [0.1, 0.15) is 11.4 Å². The van der Waals surface area contributed by atoms with Gasteiger partial charge in [-0.05, 0) is 57.0 Å². The Morgan fingerprint density at radius 1 is 1.16 bits per heavy atom. The predicted molar refractivity (Wildman–Crippen MR) is 119 cm³/mol. The van der Waals surface area contributed by atoms with Gasteiger partial charge in [-0.15, -0.1) is 0 Å². The molecule has 1 aromatic carbocycles.